The highest BCUT2D eigenvalue weighted by Crippen LogP contribution is 2.15. The summed E-state index contributed by atoms with van der Waals surface area (Å²) in [4.78, 5) is 0. The molecule has 0 saturated carbocycles. The summed E-state index contributed by atoms with van der Waals surface area (Å²) < 4.78 is 0. The van der Waals surface area contributed by atoms with Gasteiger partial charge in [0.15, 0.2) is 0 Å². The van der Waals surface area contributed by atoms with E-state index in [9.17, 15) is 0 Å². The van der Waals surface area contributed by atoms with Gasteiger partial charge >= 0.3 is 0 Å². The van der Waals surface area contributed by atoms with Gasteiger partial charge < -0.3 is 10.4 Å². The summed E-state index contributed by atoms with van der Waals surface area (Å²) in [5.41, 5.74) is 0. The monoisotopic (exact) mass is 409 g/mol. The normalized spacial score (nSPS) is 11.5. The molecule has 2 nitrogen and oxygen atoms in total. The van der Waals surface area contributed by atoms with Crippen LogP contribution in [0.5, 0.6) is 0 Å². The maximum absolute atomic E-state index is 8.68. The lowest BCUT2D eigenvalue weighted by atomic mass is 10.0. The van der Waals surface area contributed by atoms with Crippen LogP contribution in [-0.2, 0) is 0 Å². The van der Waals surface area contributed by atoms with Crippen molar-refractivity contribution in [2.45, 2.75) is 148 Å². The predicted molar refractivity (Wildman–Crippen MR) is 131 cm³/mol. The van der Waals surface area contributed by atoms with Crippen molar-refractivity contribution in [2.75, 3.05) is 13.2 Å². The highest BCUT2D eigenvalue weighted by Gasteiger charge is 1.95. The van der Waals surface area contributed by atoms with Gasteiger partial charge in [-0.1, -0.05) is 135 Å². The number of hydrogen-bond donors (Lipinski definition) is 2. The minimum absolute atomic E-state index is 0.278. The average molecular weight is 410 g/mol. The smallest absolute Gasteiger partial charge is 0.0447 e. The Hall–Kier alpha value is -0.500. The zero-order valence-electron chi connectivity index (χ0n) is 20.1. The Morgan fingerprint density at radius 1 is 0.517 bits per heavy atom. The van der Waals surface area contributed by atoms with Crippen LogP contribution in [0.15, 0.2) is 12.3 Å². The molecule has 0 aliphatic heterocycles. The molecule has 0 aliphatic carbocycles. The zero-order valence-corrected chi connectivity index (χ0v) is 20.1. The molecule has 0 atom stereocenters. The van der Waals surface area contributed by atoms with Gasteiger partial charge in [-0.25, -0.2) is 0 Å². The molecule has 0 aromatic rings. The Morgan fingerprint density at radius 2 is 0.897 bits per heavy atom. The summed E-state index contributed by atoms with van der Waals surface area (Å²) in [6.07, 6.45) is 35.2. The third-order valence-corrected chi connectivity index (χ3v) is 5.94. The van der Waals surface area contributed by atoms with Crippen molar-refractivity contribution in [1.82, 2.24) is 5.32 Å². The van der Waals surface area contributed by atoms with E-state index in [1.165, 1.54) is 135 Å². The molecule has 0 saturated heterocycles. The lowest BCUT2D eigenvalue weighted by Crippen LogP contribution is -2.07. The lowest BCUT2D eigenvalue weighted by molar-refractivity contribution is 0.288. The van der Waals surface area contributed by atoms with Gasteiger partial charge in [0, 0.05) is 13.2 Å². The van der Waals surface area contributed by atoms with Crippen molar-refractivity contribution in [3.63, 3.8) is 0 Å². The number of nitrogens with one attached hydrogen (secondary N) is 1. The van der Waals surface area contributed by atoms with E-state index in [1.807, 2.05) is 6.20 Å². The van der Waals surface area contributed by atoms with E-state index >= 15 is 0 Å². The van der Waals surface area contributed by atoms with Crippen molar-refractivity contribution in [3.05, 3.63) is 12.3 Å². The molecule has 0 aromatic heterocycles. The molecule has 174 valence electrons. The van der Waals surface area contributed by atoms with Gasteiger partial charge in [-0.2, -0.15) is 0 Å². The van der Waals surface area contributed by atoms with E-state index in [2.05, 4.69) is 18.3 Å². The van der Waals surface area contributed by atoms with Crippen LogP contribution in [0.1, 0.15) is 148 Å². The van der Waals surface area contributed by atoms with Crippen LogP contribution in [-0.4, -0.2) is 18.3 Å². The van der Waals surface area contributed by atoms with E-state index in [0.29, 0.717) is 0 Å². The van der Waals surface area contributed by atoms with Gasteiger partial charge in [0.1, 0.15) is 0 Å². The highest BCUT2D eigenvalue weighted by molar-refractivity contribution is 4.78. The number of unbranched alkanes of at least 4 members (excludes halogenated alkanes) is 20. The van der Waals surface area contributed by atoms with Crippen molar-refractivity contribution < 1.29 is 5.11 Å². The second-order valence-electron chi connectivity index (χ2n) is 8.94. The Kier molecular flexibility index (Phi) is 27.0. The van der Waals surface area contributed by atoms with Crippen LogP contribution in [0.3, 0.4) is 0 Å². The first-order chi connectivity index (χ1) is 14.4. The van der Waals surface area contributed by atoms with E-state index in [0.717, 1.165) is 13.0 Å². The predicted octanol–water partition coefficient (Wildman–Crippen LogP) is 8.68. The second-order valence-corrected chi connectivity index (χ2v) is 8.94. The first-order valence-corrected chi connectivity index (χ1v) is 13.4. The van der Waals surface area contributed by atoms with Gasteiger partial charge in [-0.05, 0) is 25.5 Å². The van der Waals surface area contributed by atoms with Gasteiger partial charge in [-0.15, -0.1) is 0 Å². The van der Waals surface area contributed by atoms with E-state index in [-0.39, 0.29) is 6.61 Å². The number of rotatable bonds is 25. The number of hydrogen-bond acceptors (Lipinski definition) is 2. The first kappa shape index (κ1) is 28.5. The van der Waals surface area contributed by atoms with Crippen molar-refractivity contribution in [2.24, 2.45) is 0 Å². The van der Waals surface area contributed by atoms with Crippen LogP contribution < -0.4 is 5.32 Å². The van der Waals surface area contributed by atoms with E-state index in [1.54, 1.807) is 0 Å². The molecule has 0 amide bonds. The third-order valence-electron chi connectivity index (χ3n) is 5.94. The van der Waals surface area contributed by atoms with Crippen molar-refractivity contribution >= 4 is 0 Å². The largest absolute Gasteiger partial charge is 0.396 e. The van der Waals surface area contributed by atoms with Crippen LogP contribution in [0.4, 0.5) is 0 Å². The summed E-state index contributed by atoms with van der Waals surface area (Å²) in [7, 11) is 0. The third kappa shape index (κ3) is 27.5. The maximum Gasteiger partial charge on any atom is 0.0447 e. The SMILES string of the molecule is CCCCCCCCCCCCCCCCCCCCCCC=CNCCCO. The van der Waals surface area contributed by atoms with E-state index in [4.69, 9.17) is 5.11 Å². The standard InChI is InChI=1S/C27H55NO/c1-2-3-4-5-6-7-8-9-10-11-12-13-14-15-16-17-18-19-20-21-22-23-25-28-26-24-27-29/h23,25,28-29H,2-22,24,26-27H2,1H3. The highest BCUT2D eigenvalue weighted by atomic mass is 16.3. The molecule has 0 spiro atoms. The number of aliphatic hydroxyl groups excluding tert-OH is 1. The summed E-state index contributed by atoms with van der Waals surface area (Å²) >= 11 is 0. The Morgan fingerprint density at radius 3 is 1.28 bits per heavy atom. The molecular formula is C27H55NO. The molecule has 0 aromatic carbocycles. The minimum Gasteiger partial charge on any atom is -0.396 e. The summed E-state index contributed by atoms with van der Waals surface area (Å²) in [6, 6.07) is 0. The van der Waals surface area contributed by atoms with Gasteiger partial charge in [0.25, 0.3) is 0 Å². The molecule has 0 bridgehead atoms. The zero-order chi connectivity index (χ0) is 21.1. The van der Waals surface area contributed by atoms with Gasteiger partial charge in [-0.3, -0.25) is 0 Å². The molecule has 2 heteroatoms. The van der Waals surface area contributed by atoms with Crippen LogP contribution in [0.2, 0.25) is 0 Å². The summed E-state index contributed by atoms with van der Waals surface area (Å²) in [6.45, 7) is 3.46. The van der Waals surface area contributed by atoms with Crippen LogP contribution >= 0.6 is 0 Å². The molecule has 0 heterocycles. The maximum atomic E-state index is 8.68. The van der Waals surface area contributed by atoms with Gasteiger partial charge in [0.2, 0.25) is 0 Å². The van der Waals surface area contributed by atoms with Crippen LogP contribution in [0.25, 0.3) is 0 Å². The van der Waals surface area contributed by atoms with Crippen molar-refractivity contribution in [1.29, 1.82) is 0 Å². The lowest BCUT2D eigenvalue weighted by Gasteiger charge is -2.04. The molecule has 2 N–H and O–H groups in total. The molecule has 0 rings (SSSR count). The molecule has 0 unspecified atom stereocenters. The molecule has 0 fully saturated rings. The second kappa shape index (κ2) is 27.5. The number of allylic oxidation sites excluding steroid dienone is 1. The fourth-order valence-electron chi connectivity index (χ4n) is 3.95. The fourth-order valence-corrected chi connectivity index (χ4v) is 3.95. The Balaban J connectivity index is 3.01. The first-order valence-electron chi connectivity index (χ1n) is 13.4. The van der Waals surface area contributed by atoms with Crippen LogP contribution in [0, 0.1) is 0 Å². The molecular weight excluding hydrogens is 354 g/mol. The quantitative estimate of drug-likeness (QED) is 0.148. The Labute approximate surface area is 184 Å². The Bertz CT molecular complexity index is 303. The minimum atomic E-state index is 0.278. The molecule has 29 heavy (non-hydrogen) atoms. The summed E-state index contributed by atoms with van der Waals surface area (Å²) in [5.74, 6) is 0. The van der Waals surface area contributed by atoms with Crippen molar-refractivity contribution in [3.8, 4) is 0 Å². The van der Waals surface area contributed by atoms with Gasteiger partial charge in [0.05, 0.1) is 0 Å². The topological polar surface area (TPSA) is 32.3 Å². The molecule has 0 radical (unpaired) electrons. The molecule has 0 aliphatic rings. The summed E-state index contributed by atoms with van der Waals surface area (Å²) in [5, 5.41) is 11.9. The average Bonchev–Trinajstić information content (AvgIpc) is 2.74. The number of aliphatic hydroxyl groups is 1. The van der Waals surface area contributed by atoms with E-state index < -0.39 is 0 Å². The fraction of sp³-hybridized carbons (Fsp3) is 0.926.